The van der Waals surface area contributed by atoms with E-state index < -0.39 is 0 Å². The fourth-order valence-corrected chi connectivity index (χ4v) is 3.83. The zero-order valence-electron chi connectivity index (χ0n) is 20.0. The van der Waals surface area contributed by atoms with Crippen LogP contribution >= 0.6 is 0 Å². The van der Waals surface area contributed by atoms with Crippen molar-refractivity contribution in [2.75, 3.05) is 5.32 Å². The number of hydrogen-bond acceptors (Lipinski definition) is 7. The molecule has 0 saturated heterocycles. The van der Waals surface area contributed by atoms with E-state index in [0.29, 0.717) is 35.0 Å². The fourth-order valence-electron chi connectivity index (χ4n) is 3.83. The van der Waals surface area contributed by atoms with E-state index in [1.807, 2.05) is 74.2 Å². The van der Waals surface area contributed by atoms with Gasteiger partial charge >= 0.3 is 0 Å². The average Bonchev–Trinajstić information content (AvgIpc) is 3.53. The third-order valence-electron chi connectivity index (χ3n) is 5.54. The summed E-state index contributed by atoms with van der Waals surface area (Å²) in [6.45, 7) is 8.18. The number of carbonyl (C=O) groups excluding carboxylic acids is 1. The van der Waals surface area contributed by atoms with E-state index in [1.165, 1.54) is 0 Å². The van der Waals surface area contributed by atoms with E-state index in [0.717, 1.165) is 22.4 Å². The van der Waals surface area contributed by atoms with E-state index >= 15 is 0 Å². The number of nitrogens with two attached hydrogens (primary N) is 1. The first-order valence-corrected chi connectivity index (χ1v) is 11.2. The maximum Gasteiger partial charge on any atom is 0.259 e. The molecule has 0 radical (unpaired) electrons. The van der Waals surface area contributed by atoms with Gasteiger partial charge in [-0.15, -0.1) is 0 Å². The fraction of sp³-hybridized carbons (Fsp3) is 0.240. The van der Waals surface area contributed by atoms with Crippen LogP contribution in [0.5, 0.6) is 0 Å². The number of pyridine rings is 1. The summed E-state index contributed by atoms with van der Waals surface area (Å²) in [5.41, 5.74) is 10.9. The number of nitrogens with one attached hydrogen (secondary N) is 1. The second-order valence-corrected chi connectivity index (χ2v) is 9.31. The van der Waals surface area contributed by atoms with Crippen molar-refractivity contribution in [1.82, 2.24) is 29.5 Å². The summed E-state index contributed by atoms with van der Waals surface area (Å²) >= 11 is 0. The summed E-state index contributed by atoms with van der Waals surface area (Å²) in [7, 11) is 0. The van der Waals surface area contributed by atoms with Crippen LogP contribution in [0.2, 0.25) is 0 Å². The lowest BCUT2D eigenvalue weighted by atomic mass is 10.1. The Hall–Kier alpha value is -4.31. The number of fused-ring (bicyclic) bond motifs is 1. The zero-order valence-corrected chi connectivity index (χ0v) is 20.0. The number of nitrogens with zero attached hydrogens (tertiary/aromatic N) is 6. The minimum Gasteiger partial charge on any atom is -0.339 e. The number of benzene rings is 1. The molecule has 0 atom stereocenters. The molecule has 1 amide bonds. The molecule has 0 bridgehead atoms. The Bertz CT molecular complexity index is 1540. The SMILES string of the molecule is Cc1nc(-c2ccc(C)c(NC(=O)c3cnn4cc(-c5ccn(CC(C)(C)N)n5)ccc34)c2)no1. The molecule has 0 aliphatic carbocycles. The molecule has 0 spiro atoms. The summed E-state index contributed by atoms with van der Waals surface area (Å²) < 4.78 is 8.58. The van der Waals surface area contributed by atoms with Crippen molar-refractivity contribution in [2.45, 2.75) is 39.8 Å². The quantitative estimate of drug-likeness (QED) is 0.385. The highest BCUT2D eigenvalue weighted by atomic mass is 16.5. The first-order chi connectivity index (χ1) is 16.7. The molecule has 0 aliphatic rings. The molecule has 178 valence electrons. The van der Waals surface area contributed by atoms with Crippen molar-refractivity contribution in [1.29, 1.82) is 0 Å². The Morgan fingerprint density at radius 1 is 1.14 bits per heavy atom. The van der Waals surface area contributed by atoms with Crippen LogP contribution in [-0.4, -0.2) is 41.0 Å². The summed E-state index contributed by atoms with van der Waals surface area (Å²) in [6, 6.07) is 11.4. The molecule has 10 nitrogen and oxygen atoms in total. The molecule has 4 aromatic heterocycles. The van der Waals surface area contributed by atoms with E-state index in [9.17, 15) is 4.79 Å². The van der Waals surface area contributed by atoms with Gasteiger partial charge in [-0.3, -0.25) is 9.48 Å². The van der Waals surface area contributed by atoms with Gasteiger partial charge in [0.05, 0.1) is 29.5 Å². The van der Waals surface area contributed by atoms with Gasteiger partial charge in [-0.05, 0) is 50.6 Å². The van der Waals surface area contributed by atoms with Crippen LogP contribution in [0.15, 0.2) is 59.5 Å². The largest absolute Gasteiger partial charge is 0.339 e. The predicted molar refractivity (Wildman–Crippen MR) is 132 cm³/mol. The third kappa shape index (κ3) is 4.69. The van der Waals surface area contributed by atoms with Crippen LogP contribution in [0.4, 0.5) is 5.69 Å². The van der Waals surface area contributed by atoms with Crippen molar-refractivity contribution < 1.29 is 9.32 Å². The molecule has 1 aromatic carbocycles. The topological polar surface area (TPSA) is 129 Å². The number of rotatable bonds is 6. The number of carbonyl (C=O) groups is 1. The number of aromatic nitrogens is 6. The summed E-state index contributed by atoms with van der Waals surface area (Å²) in [4.78, 5) is 17.4. The van der Waals surface area contributed by atoms with Gasteiger partial charge in [-0.1, -0.05) is 17.3 Å². The minimum absolute atomic E-state index is 0.258. The van der Waals surface area contributed by atoms with Gasteiger partial charge in [0.1, 0.15) is 0 Å². The molecule has 0 unspecified atom stereocenters. The van der Waals surface area contributed by atoms with Crippen molar-refractivity contribution in [3.8, 4) is 22.6 Å². The molecule has 35 heavy (non-hydrogen) atoms. The van der Waals surface area contributed by atoms with Crippen LogP contribution in [0, 0.1) is 13.8 Å². The van der Waals surface area contributed by atoms with Crippen LogP contribution in [0.1, 0.15) is 35.7 Å². The minimum atomic E-state index is -0.361. The van der Waals surface area contributed by atoms with Gasteiger partial charge in [-0.25, -0.2) is 4.52 Å². The van der Waals surface area contributed by atoms with Crippen LogP contribution in [0.3, 0.4) is 0 Å². The lowest BCUT2D eigenvalue weighted by Gasteiger charge is -2.17. The van der Waals surface area contributed by atoms with Gasteiger partial charge in [0.15, 0.2) is 0 Å². The van der Waals surface area contributed by atoms with Crippen LogP contribution in [0.25, 0.3) is 28.2 Å². The summed E-state index contributed by atoms with van der Waals surface area (Å²) in [6.07, 6.45) is 5.32. The number of amides is 1. The highest BCUT2D eigenvalue weighted by molar-refractivity contribution is 6.09. The summed E-state index contributed by atoms with van der Waals surface area (Å²) in [5.74, 6) is 0.692. The molecule has 4 heterocycles. The maximum absolute atomic E-state index is 13.1. The molecule has 0 aliphatic heterocycles. The van der Waals surface area contributed by atoms with Gasteiger partial charge in [0.25, 0.3) is 5.91 Å². The Kier molecular flexibility index (Phi) is 5.45. The third-order valence-corrected chi connectivity index (χ3v) is 5.54. The highest BCUT2D eigenvalue weighted by Crippen LogP contribution is 2.25. The Morgan fingerprint density at radius 2 is 1.94 bits per heavy atom. The number of hydrogen-bond donors (Lipinski definition) is 2. The Labute approximate surface area is 201 Å². The monoisotopic (exact) mass is 470 g/mol. The van der Waals surface area contributed by atoms with Crippen molar-refractivity contribution in [3.05, 3.63) is 72.0 Å². The smallest absolute Gasteiger partial charge is 0.259 e. The zero-order chi connectivity index (χ0) is 24.7. The van der Waals surface area contributed by atoms with Gasteiger partial charge in [0.2, 0.25) is 11.7 Å². The standard InChI is InChI=1S/C25H26N8O2/c1-15-5-6-17(23-28-16(2)35-31-23)11-21(15)29-24(34)19-12-27-33-13-18(7-8-22(19)33)20-9-10-32(30-20)14-25(3,4)26/h5-13H,14,26H2,1-4H3,(H,29,34). The van der Waals surface area contributed by atoms with Crippen molar-refractivity contribution in [3.63, 3.8) is 0 Å². The van der Waals surface area contributed by atoms with Crippen molar-refractivity contribution >= 4 is 17.1 Å². The first kappa shape index (κ1) is 22.5. The molecular formula is C25H26N8O2. The lowest BCUT2D eigenvalue weighted by Crippen LogP contribution is -2.37. The molecule has 10 heteroatoms. The van der Waals surface area contributed by atoms with E-state index in [-0.39, 0.29) is 11.4 Å². The number of aryl methyl sites for hydroxylation is 2. The molecule has 0 fully saturated rings. The predicted octanol–water partition coefficient (Wildman–Crippen LogP) is 3.85. The van der Waals surface area contributed by atoms with E-state index in [4.69, 9.17) is 10.3 Å². The maximum atomic E-state index is 13.1. The highest BCUT2D eigenvalue weighted by Gasteiger charge is 2.17. The van der Waals surface area contributed by atoms with Crippen LogP contribution in [-0.2, 0) is 6.54 Å². The number of anilines is 1. The Balaban J connectivity index is 1.39. The van der Waals surface area contributed by atoms with Crippen molar-refractivity contribution in [2.24, 2.45) is 5.73 Å². The normalized spacial score (nSPS) is 11.8. The van der Waals surface area contributed by atoms with Crippen LogP contribution < -0.4 is 11.1 Å². The second kappa shape index (κ2) is 8.48. The second-order valence-electron chi connectivity index (χ2n) is 9.31. The summed E-state index contributed by atoms with van der Waals surface area (Å²) in [5, 5.41) is 15.9. The molecular weight excluding hydrogens is 444 g/mol. The van der Waals surface area contributed by atoms with Gasteiger partial charge in [-0.2, -0.15) is 15.2 Å². The van der Waals surface area contributed by atoms with Gasteiger partial charge < -0.3 is 15.6 Å². The Morgan fingerprint density at radius 3 is 2.69 bits per heavy atom. The molecule has 5 rings (SSSR count). The van der Waals surface area contributed by atoms with E-state index in [1.54, 1.807) is 17.6 Å². The lowest BCUT2D eigenvalue weighted by molar-refractivity contribution is 0.102. The average molecular weight is 471 g/mol. The molecule has 0 saturated carbocycles. The molecule has 3 N–H and O–H groups in total. The molecule has 5 aromatic rings. The van der Waals surface area contributed by atoms with E-state index in [2.05, 4.69) is 25.7 Å². The first-order valence-electron chi connectivity index (χ1n) is 11.2. The van der Waals surface area contributed by atoms with Gasteiger partial charge in [0, 0.05) is 41.7 Å².